The average molecular weight is 254 g/mol. The van der Waals surface area contributed by atoms with Gasteiger partial charge >= 0.3 is 0 Å². The number of thioether (sulfide) groups is 1. The molecule has 2 nitrogen and oxygen atoms in total. The lowest BCUT2D eigenvalue weighted by Gasteiger charge is -2.14. The summed E-state index contributed by atoms with van der Waals surface area (Å²) in [6.45, 7) is 4.35. The fraction of sp³-hybridized carbons (Fsp3) is 0.571. The highest BCUT2D eigenvalue weighted by Crippen LogP contribution is 2.36. The van der Waals surface area contributed by atoms with Gasteiger partial charge in [0, 0.05) is 0 Å². The second-order valence-electron chi connectivity index (χ2n) is 3.91. The number of hydrogen-bond acceptors (Lipinski definition) is 3. The van der Waals surface area contributed by atoms with Gasteiger partial charge in [-0.3, -0.25) is 0 Å². The van der Waals surface area contributed by atoms with E-state index in [1.165, 1.54) is 10.5 Å². The quantitative estimate of drug-likeness (QED) is 0.681. The third-order valence-corrected chi connectivity index (χ3v) is 3.79. The van der Waals surface area contributed by atoms with Crippen LogP contribution in [0, 0.1) is 0 Å². The number of ether oxygens (including phenoxy) is 2. The van der Waals surface area contributed by atoms with E-state index in [-0.39, 0.29) is 0 Å². The van der Waals surface area contributed by atoms with Crippen LogP contribution in [0.1, 0.15) is 32.3 Å². The van der Waals surface area contributed by atoms with Gasteiger partial charge < -0.3 is 9.47 Å². The number of rotatable bonds is 7. The first kappa shape index (κ1) is 14.2. The third-order valence-electron chi connectivity index (χ3n) is 2.55. The van der Waals surface area contributed by atoms with Crippen LogP contribution in [0.25, 0.3) is 0 Å². The fourth-order valence-corrected chi connectivity index (χ4v) is 2.62. The number of methoxy groups -OCH3 is 2. The molecule has 0 aliphatic rings. The maximum absolute atomic E-state index is 5.45. The summed E-state index contributed by atoms with van der Waals surface area (Å²) in [6, 6.07) is 4.21. The zero-order valence-electron chi connectivity index (χ0n) is 11.2. The molecular formula is C14H22O2S. The first-order valence-corrected chi connectivity index (χ1v) is 7.13. The first-order chi connectivity index (χ1) is 8.26. The molecule has 0 saturated heterocycles. The molecule has 1 aromatic carbocycles. The highest BCUT2D eigenvalue weighted by atomic mass is 32.2. The van der Waals surface area contributed by atoms with Crippen LogP contribution in [0.2, 0.25) is 0 Å². The lowest BCUT2D eigenvalue weighted by atomic mass is 10.1. The van der Waals surface area contributed by atoms with Gasteiger partial charge in [-0.2, -0.15) is 0 Å². The molecule has 0 aliphatic heterocycles. The summed E-state index contributed by atoms with van der Waals surface area (Å²) in [4.78, 5) is 1.17. The van der Waals surface area contributed by atoms with Gasteiger partial charge in [-0.1, -0.05) is 20.3 Å². The van der Waals surface area contributed by atoms with E-state index in [1.54, 1.807) is 14.2 Å². The van der Waals surface area contributed by atoms with Gasteiger partial charge in [0.05, 0.1) is 19.1 Å². The van der Waals surface area contributed by atoms with E-state index >= 15 is 0 Å². The highest BCUT2D eigenvalue weighted by molar-refractivity contribution is 7.99. The molecule has 3 heteroatoms. The Hall–Kier alpha value is -0.830. The van der Waals surface area contributed by atoms with Gasteiger partial charge in [-0.25, -0.2) is 0 Å². The van der Waals surface area contributed by atoms with Crippen LogP contribution in [-0.2, 0) is 6.42 Å². The topological polar surface area (TPSA) is 18.5 Å². The van der Waals surface area contributed by atoms with E-state index in [0.717, 1.165) is 36.5 Å². The van der Waals surface area contributed by atoms with Gasteiger partial charge in [-0.15, -0.1) is 11.8 Å². The van der Waals surface area contributed by atoms with E-state index in [4.69, 9.17) is 9.47 Å². The van der Waals surface area contributed by atoms with Crippen LogP contribution in [-0.4, -0.2) is 20.0 Å². The van der Waals surface area contributed by atoms with Crippen molar-refractivity contribution in [3.8, 4) is 11.5 Å². The molecule has 0 N–H and O–H groups in total. The Morgan fingerprint density at radius 3 is 2.24 bits per heavy atom. The lowest BCUT2D eigenvalue weighted by molar-refractivity contribution is 0.390. The Morgan fingerprint density at radius 1 is 1.00 bits per heavy atom. The van der Waals surface area contributed by atoms with Gasteiger partial charge in [0.2, 0.25) is 0 Å². The van der Waals surface area contributed by atoms with Crippen molar-refractivity contribution in [2.24, 2.45) is 0 Å². The smallest absolute Gasteiger partial charge is 0.132 e. The number of hydrogen-bond donors (Lipinski definition) is 0. The standard InChI is InChI=1S/C14H22O2S/c1-5-7-11-9-13(16-4)14(17-8-6-2)10-12(11)15-3/h9-10H,5-8H2,1-4H3. The lowest BCUT2D eigenvalue weighted by Crippen LogP contribution is -1.96. The number of benzene rings is 1. The van der Waals surface area contributed by atoms with Crippen molar-refractivity contribution in [3.63, 3.8) is 0 Å². The minimum absolute atomic E-state index is 0.965. The first-order valence-electron chi connectivity index (χ1n) is 6.14. The van der Waals surface area contributed by atoms with Crippen molar-refractivity contribution in [1.82, 2.24) is 0 Å². The summed E-state index contributed by atoms with van der Waals surface area (Å²) < 4.78 is 10.9. The molecule has 0 aliphatic carbocycles. The van der Waals surface area contributed by atoms with Crippen LogP contribution >= 0.6 is 11.8 Å². The summed E-state index contributed by atoms with van der Waals surface area (Å²) in [5, 5.41) is 0. The maximum atomic E-state index is 5.45. The van der Waals surface area contributed by atoms with Crippen molar-refractivity contribution >= 4 is 11.8 Å². The van der Waals surface area contributed by atoms with Crippen molar-refractivity contribution in [2.75, 3.05) is 20.0 Å². The summed E-state index contributed by atoms with van der Waals surface area (Å²) in [5.74, 6) is 3.05. The molecule has 0 spiro atoms. The molecule has 0 saturated carbocycles. The van der Waals surface area contributed by atoms with E-state index < -0.39 is 0 Å². The Bertz CT molecular complexity index is 350. The van der Waals surface area contributed by atoms with Crippen LogP contribution < -0.4 is 9.47 Å². The molecule has 0 bridgehead atoms. The second kappa shape index (κ2) is 7.49. The minimum Gasteiger partial charge on any atom is -0.496 e. The van der Waals surface area contributed by atoms with Gasteiger partial charge in [0.15, 0.2) is 0 Å². The Kier molecular flexibility index (Phi) is 6.27. The second-order valence-corrected chi connectivity index (χ2v) is 5.05. The summed E-state index contributed by atoms with van der Waals surface area (Å²) in [6.07, 6.45) is 3.30. The third kappa shape index (κ3) is 3.84. The Labute approximate surface area is 109 Å². The molecule has 1 rings (SSSR count). The van der Waals surface area contributed by atoms with Crippen LogP contribution in [0.15, 0.2) is 17.0 Å². The zero-order chi connectivity index (χ0) is 12.7. The molecule has 0 unspecified atom stereocenters. The van der Waals surface area contributed by atoms with Gasteiger partial charge in [0.25, 0.3) is 0 Å². The largest absolute Gasteiger partial charge is 0.496 e. The molecule has 0 heterocycles. The summed E-state index contributed by atoms with van der Waals surface area (Å²) in [5.41, 5.74) is 1.23. The molecule has 0 aromatic heterocycles. The summed E-state index contributed by atoms with van der Waals surface area (Å²) in [7, 11) is 3.46. The van der Waals surface area contributed by atoms with E-state index in [1.807, 2.05) is 11.8 Å². The highest BCUT2D eigenvalue weighted by Gasteiger charge is 2.10. The molecule has 0 amide bonds. The molecule has 0 radical (unpaired) electrons. The SMILES string of the molecule is CCCSc1cc(OC)c(CCC)cc1OC. The van der Waals surface area contributed by atoms with Crippen molar-refractivity contribution < 1.29 is 9.47 Å². The molecule has 0 fully saturated rings. The van der Waals surface area contributed by atoms with E-state index in [2.05, 4.69) is 26.0 Å². The summed E-state index contributed by atoms with van der Waals surface area (Å²) >= 11 is 1.82. The van der Waals surface area contributed by atoms with Gasteiger partial charge in [-0.05, 0) is 36.3 Å². The molecule has 1 aromatic rings. The normalized spacial score (nSPS) is 10.4. The van der Waals surface area contributed by atoms with Crippen molar-refractivity contribution in [2.45, 2.75) is 38.0 Å². The molecular weight excluding hydrogens is 232 g/mol. The van der Waals surface area contributed by atoms with E-state index in [0.29, 0.717) is 0 Å². The molecule has 96 valence electrons. The van der Waals surface area contributed by atoms with Crippen LogP contribution in [0.3, 0.4) is 0 Å². The molecule has 0 atom stereocenters. The van der Waals surface area contributed by atoms with E-state index in [9.17, 15) is 0 Å². The number of aryl methyl sites for hydroxylation is 1. The average Bonchev–Trinajstić information content (AvgIpc) is 2.36. The predicted octanol–water partition coefficient (Wildman–Crippen LogP) is 4.16. The maximum Gasteiger partial charge on any atom is 0.132 e. The van der Waals surface area contributed by atoms with Gasteiger partial charge in [0.1, 0.15) is 11.5 Å². The van der Waals surface area contributed by atoms with Crippen LogP contribution in [0.5, 0.6) is 11.5 Å². The minimum atomic E-state index is 0.965. The fourth-order valence-electron chi connectivity index (χ4n) is 1.72. The van der Waals surface area contributed by atoms with Crippen LogP contribution in [0.4, 0.5) is 0 Å². The van der Waals surface area contributed by atoms with Crippen molar-refractivity contribution in [1.29, 1.82) is 0 Å². The zero-order valence-corrected chi connectivity index (χ0v) is 12.0. The van der Waals surface area contributed by atoms with Crippen molar-refractivity contribution in [3.05, 3.63) is 17.7 Å². The molecule has 17 heavy (non-hydrogen) atoms. The Morgan fingerprint density at radius 2 is 1.71 bits per heavy atom. The predicted molar refractivity (Wildman–Crippen MR) is 74.6 cm³/mol. The monoisotopic (exact) mass is 254 g/mol. The Balaban J connectivity index is 3.04.